The third-order valence-electron chi connectivity index (χ3n) is 2.41. The van der Waals surface area contributed by atoms with Crippen molar-refractivity contribution in [1.29, 1.82) is 0 Å². The molecular weight excluding hydrogens is 237 g/mol. The fraction of sp³-hybridized carbons (Fsp3) is 1.00. The summed E-state index contributed by atoms with van der Waals surface area (Å²) in [6.45, 7) is 6.52. The van der Waals surface area contributed by atoms with Crippen LogP contribution in [0.15, 0.2) is 0 Å². The maximum absolute atomic E-state index is 2.39. The van der Waals surface area contributed by atoms with E-state index in [0.717, 1.165) is 0 Å². The Morgan fingerprint density at radius 3 is 2.10 bits per heavy atom. The van der Waals surface area contributed by atoms with Crippen molar-refractivity contribution in [2.24, 2.45) is 0 Å². The highest BCUT2D eigenvalue weighted by Crippen LogP contribution is 2.15. The summed E-state index contributed by atoms with van der Waals surface area (Å²) in [4.78, 5) is 0. The minimum absolute atomic E-state index is 0. The number of likely N-dealkylation sites (tertiary alicyclic amines) is 1. The summed E-state index contributed by atoms with van der Waals surface area (Å²) in [5, 5.41) is 0. The minimum atomic E-state index is 0. The van der Waals surface area contributed by atoms with Crippen molar-refractivity contribution in [3.8, 4) is 0 Å². The lowest BCUT2D eigenvalue weighted by molar-refractivity contribution is -0.897. The zero-order valence-corrected chi connectivity index (χ0v) is 9.23. The number of rotatable bonds is 2. The summed E-state index contributed by atoms with van der Waals surface area (Å²) in [6.07, 6.45) is 4.25. The number of halogens is 1. The van der Waals surface area contributed by atoms with Gasteiger partial charge < -0.3 is 28.5 Å². The van der Waals surface area contributed by atoms with E-state index in [-0.39, 0.29) is 24.0 Å². The van der Waals surface area contributed by atoms with Crippen molar-refractivity contribution in [1.82, 2.24) is 0 Å². The molecule has 62 valence electrons. The van der Waals surface area contributed by atoms with Gasteiger partial charge in [0.1, 0.15) is 0 Å². The van der Waals surface area contributed by atoms with Crippen LogP contribution in [0, 0.1) is 0 Å². The van der Waals surface area contributed by atoms with Crippen molar-refractivity contribution in [2.45, 2.75) is 26.2 Å². The summed E-state index contributed by atoms with van der Waals surface area (Å²) in [5.41, 5.74) is 0. The molecule has 1 fully saturated rings. The van der Waals surface area contributed by atoms with E-state index in [4.69, 9.17) is 0 Å². The molecule has 0 N–H and O–H groups in total. The second-order valence-corrected chi connectivity index (χ2v) is 3.50. The number of quaternary nitrogens is 1. The van der Waals surface area contributed by atoms with Crippen LogP contribution in [0.25, 0.3) is 0 Å². The molecule has 10 heavy (non-hydrogen) atoms. The molecule has 2 heteroatoms. The van der Waals surface area contributed by atoms with Crippen molar-refractivity contribution in [3.05, 3.63) is 0 Å². The zero-order chi connectivity index (χ0) is 6.74. The Bertz CT molecular complexity index is 87.3. The van der Waals surface area contributed by atoms with Crippen LogP contribution >= 0.6 is 0 Å². The van der Waals surface area contributed by atoms with Crippen LogP contribution in [0.2, 0.25) is 0 Å². The van der Waals surface area contributed by atoms with E-state index in [9.17, 15) is 0 Å². The summed E-state index contributed by atoms with van der Waals surface area (Å²) < 4.78 is 1.34. The predicted octanol–water partition coefficient (Wildman–Crippen LogP) is -1.36. The highest BCUT2D eigenvalue weighted by Gasteiger charge is 2.24. The van der Waals surface area contributed by atoms with E-state index in [1.54, 1.807) is 0 Å². The normalized spacial score (nSPS) is 22.2. The van der Waals surface area contributed by atoms with Crippen LogP contribution < -0.4 is 24.0 Å². The second-order valence-electron chi connectivity index (χ2n) is 3.50. The molecule has 1 aliphatic rings. The molecule has 0 radical (unpaired) electrons. The Balaban J connectivity index is 0.000000810. The molecule has 1 saturated heterocycles. The quantitative estimate of drug-likeness (QED) is 0.422. The summed E-state index contributed by atoms with van der Waals surface area (Å²) in [7, 11) is 2.39. The van der Waals surface area contributed by atoms with Crippen LogP contribution in [-0.2, 0) is 0 Å². The number of nitrogens with zero attached hydrogens (tertiary/aromatic N) is 1. The van der Waals surface area contributed by atoms with E-state index >= 15 is 0 Å². The maximum Gasteiger partial charge on any atom is 0.0786 e. The van der Waals surface area contributed by atoms with Crippen LogP contribution in [-0.4, -0.2) is 31.2 Å². The van der Waals surface area contributed by atoms with Gasteiger partial charge in [-0.1, -0.05) is 6.92 Å². The van der Waals surface area contributed by atoms with Gasteiger partial charge >= 0.3 is 0 Å². The smallest absolute Gasteiger partial charge is 0.0786 e. The van der Waals surface area contributed by atoms with E-state index in [2.05, 4.69) is 14.0 Å². The van der Waals surface area contributed by atoms with E-state index < -0.39 is 0 Å². The summed E-state index contributed by atoms with van der Waals surface area (Å²) in [6, 6.07) is 0. The first-order valence-corrected chi connectivity index (χ1v) is 4.10. The SMILES string of the molecule is CCC[N+]1(C)CCCC1.[I-]. The molecule has 0 amide bonds. The second kappa shape index (κ2) is 4.54. The van der Waals surface area contributed by atoms with Crippen molar-refractivity contribution in [2.75, 3.05) is 26.7 Å². The van der Waals surface area contributed by atoms with Crippen LogP contribution in [0.3, 0.4) is 0 Å². The lowest BCUT2D eigenvalue weighted by atomic mass is 10.4. The molecule has 0 spiro atoms. The van der Waals surface area contributed by atoms with Gasteiger partial charge in [0, 0.05) is 12.8 Å². The standard InChI is InChI=1S/C8H18N.HI/c1-3-6-9(2)7-4-5-8-9;/h3-8H2,1-2H3;1H/q+1;/p-1. The first-order valence-electron chi connectivity index (χ1n) is 4.10. The number of hydrogen-bond donors (Lipinski definition) is 0. The summed E-state index contributed by atoms with van der Waals surface area (Å²) >= 11 is 0. The fourth-order valence-corrected chi connectivity index (χ4v) is 1.86. The third kappa shape index (κ3) is 2.74. The van der Waals surface area contributed by atoms with Gasteiger partial charge in [-0.05, 0) is 6.42 Å². The third-order valence-corrected chi connectivity index (χ3v) is 2.41. The Labute approximate surface area is 81.4 Å². The number of hydrogen-bond acceptors (Lipinski definition) is 0. The Hall–Kier alpha value is 0.690. The molecule has 0 aromatic rings. The van der Waals surface area contributed by atoms with E-state index in [1.807, 2.05) is 0 Å². The van der Waals surface area contributed by atoms with Gasteiger partial charge in [-0.3, -0.25) is 0 Å². The van der Waals surface area contributed by atoms with Gasteiger partial charge in [0.25, 0.3) is 0 Å². The van der Waals surface area contributed by atoms with Gasteiger partial charge in [-0.25, -0.2) is 0 Å². The van der Waals surface area contributed by atoms with Crippen LogP contribution in [0.4, 0.5) is 0 Å². The zero-order valence-electron chi connectivity index (χ0n) is 7.07. The van der Waals surface area contributed by atoms with Crippen LogP contribution in [0.1, 0.15) is 26.2 Å². The van der Waals surface area contributed by atoms with Crippen molar-refractivity contribution < 1.29 is 28.5 Å². The molecule has 1 nitrogen and oxygen atoms in total. The molecule has 1 rings (SSSR count). The average Bonchev–Trinajstić information content (AvgIpc) is 2.16. The van der Waals surface area contributed by atoms with E-state index in [0.29, 0.717) is 0 Å². The molecule has 1 heterocycles. The molecule has 0 bridgehead atoms. The highest BCUT2D eigenvalue weighted by atomic mass is 127. The van der Waals surface area contributed by atoms with Gasteiger partial charge in [0.15, 0.2) is 0 Å². The lowest BCUT2D eigenvalue weighted by Gasteiger charge is -2.28. The molecule has 0 aliphatic carbocycles. The monoisotopic (exact) mass is 255 g/mol. The van der Waals surface area contributed by atoms with Gasteiger partial charge in [-0.15, -0.1) is 0 Å². The first kappa shape index (κ1) is 10.7. The minimum Gasteiger partial charge on any atom is -1.00 e. The average molecular weight is 255 g/mol. The molecule has 0 saturated carbocycles. The molecule has 0 aromatic carbocycles. The molecule has 1 aliphatic heterocycles. The summed E-state index contributed by atoms with van der Waals surface area (Å²) in [5.74, 6) is 0. The molecule has 0 aromatic heterocycles. The molecule has 0 atom stereocenters. The van der Waals surface area contributed by atoms with Crippen molar-refractivity contribution >= 4 is 0 Å². The van der Waals surface area contributed by atoms with E-state index in [1.165, 1.54) is 43.4 Å². The maximum atomic E-state index is 2.39. The highest BCUT2D eigenvalue weighted by molar-refractivity contribution is 4.50. The fourth-order valence-electron chi connectivity index (χ4n) is 1.86. The predicted molar refractivity (Wildman–Crippen MR) is 40.3 cm³/mol. The Morgan fingerprint density at radius 2 is 1.70 bits per heavy atom. The Morgan fingerprint density at radius 1 is 1.20 bits per heavy atom. The largest absolute Gasteiger partial charge is 1.00 e. The van der Waals surface area contributed by atoms with Gasteiger partial charge in [-0.2, -0.15) is 0 Å². The lowest BCUT2D eigenvalue weighted by Crippen LogP contribution is -3.00. The van der Waals surface area contributed by atoms with Crippen molar-refractivity contribution in [3.63, 3.8) is 0 Å². The van der Waals surface area contributed by atoms with Crippen LogP contribution in [0.5, 0.6) is 0 Å². The molecule has 0 unspecified atom stereocenters. The topological polar surface area (TPSA) is 0 Å². The van der Waals surface area contributed by atoms with Gasteiger partial charge in [0.2, 0.25) is 0 Å². The first-order chi connectivity index (χ1) is 4.27. The molecular formula is C8H18IN. The Kier molecular flexibility index (Phi) is 4.86. The van der Waals surface area contributed by atoms with Gasteiger partial charge in [0.05, 0.1) is 26.7 Å².